The van der Waals surface area contributed by atoms with Crippen LogP contribution in [0.15, 0.2) is 38.6 Å². The molecular formula is C26H18N10O6. The number of fused-ring (bicyclic) bond motifs is 8. The fraction of sp³-hybridized carbons (Fsp3) is 0.154. The van der Waals surface area contributed by atoms with Gasteiger partial charge in [0, 0.05) is 28.0 Å². The topological polar surface area (TPSA) is 204 Å². The van der Waals surface area contributed by atoms with Gasteiger partial charge in [-0.05, 0) is 32.0 Å². The van der Waals surface area contributed by atoms with Crippen LogP contribution in [0.3, 0.4) is 0 Å². The summed E-state index contributed by atoms with van der Waals surface area (Å²) in [5.74, 6) is 2.77. The lowest BCUT2D eigenvalue weighted by atomic mass is 10.1. The first-order valence-corrected chi connectivity index (χ1v) is 12.4. The standard InChI is InChI=1S/C14H11N5O3.C12H7N5O3/c1-6-16-17-14-15-11-7-4-9(21-2)10(22-3)5-8(7)13(20)12(11)18-19(6)14;1-4-14-15-12-13-9-5-2-7(18)8(19)3-6(5)11(20)10(9)16-17(4)12/h4-5H,1-3H3;2-3,16H,1H3,(H,13,15). The van der Waals surface area contributed by atoms with E-state index in [1.54, 1.807) is 33.1 Å². The van der Waals surface area contributed by atoms with Gasteiger partial charge in [0.2, 0.25) is 27.8 Å². The predicted molar refractivity (Wildman–Crippen MR) is 147 cm³/mol. The van der Waals surface area contributed by atoms with Gasteiger partial charge in [-0.15, -0.1) is 10.2 Å². The first-order chi connectivity index (χ1) is 20.2. The summed E-state index contributed by atoms with van der Waals surface area (Å²) in [5, 5.41) is 22.3. The minimum absolute atomic E-state index is 0.201. The van der Waals surface area contributed by atoms with Gasteiger partial charge >= 0.3 is 0 Å². The summed E-state index contributed by atoms with van der Waals surface area (Å²) in [7, 11) is 3.06. The number of ether oxygens (including phenoxy) is 2. The first-order valence-electron chi connectivity index (χ1n) is 12.4. The molecule has 1 aliphatic carbocycles. The second-order valence-corrected chi connectivity index (χ2v) is 9.40. The lowest BCUT2D eigenvalue weighted by Crippen LogP contribution is -2.21. The molecule has 208 valence electrons. The molecule has 0 aliphatic heterocycles. The zero-order valence-corrected chi connectivity index (χ0v) is 22.3. The quantitative estimate of drug-likeness (QED) is 0.276. The minimum Gasteiger partial charge on any atom is -0.493 e. The molecule has 16 nitrogen and oxygen atoms in total. The zero-order chi connectivity index (χ0) is 29.4. The third-order valence-corrected chi connectivity index (χ3v) is 7.00. The average molecular weight is 566 g/mol. The van der Waals surface area contributed by atoms with E-state index in [0.717, 1.165) is 12.1 Å². The second kappa shape index (κ2) is 8.72. The third-order valence-electron chi connectivity index (χ3n) is 7.00. The molecule has 7 aromatic rings. The maximum absolute atomic E-state index is 12.6. The van der Waals surface area contributed by atoms with E-state index in [4.69, 9.17) is 9.47 Å². The van der Waals surface area contributed by atoms with Gasteiger partial charge in [-0.1, -0.05) is 0 Å². The Balaban J connectivity index is 0.000000138. The maximum Gasteiger partial charge on any atom is 0.272 e. The largest absolute Gasteiger partial charge is 0.493 e. The van der Waals surface area contributed by atoms with E-state index in [9.17, 15) is 19.2 Å². The summed E-state index contributed by atoms with van der Waals surface area (Å²) in [6.45, 7) is 3.49. The Labute approximate surface area is 231 Å². The number of H-pyrrole nitrogens is 2. The fourth-order valence-corrected chi connectivity index (χ4v) is 4.92. The summed E-state index contributed by atoms with van der Waals surface area (Å²) >= 11 is 0. The van der Waals surface area contributed by atoms with Crippen LogP contribution >= 0.6 is 0 Å². The molecule has 0 bridgehead atoms. The number of carbonyl (C=O) groups is 1. The zero-order valence-electron chi connectivity index (χ0n) is 22.3. The number of nitrogens with one attached hydrogen (secondary N) is 2. The van der Waals surface area contributed by atoms with Gasteiger partial charge in [-0.25, -0.2) is 19.6 Å². The SMILES string of the molecule is COc1cc2c(cc1OC)-c1nc3nnc(C)n3nc1C2=O.Cc1n[nH]c2nc3c([nH]n12)c(=O)c1cc(=O)c(=O)cc13. The molecule has 0 fully saturated rings. The molecule has 4 aromatic heterocycles. The highest BCUT2D eigenvalue weighted by Gasteiger charge is 2.33. The molecule has 0 saturated carbocycles. The Bertz CT molecular complexity index is 2460. The molecule has 1 aliphatic rings. The van der Waals surface area contributed by atoms with E-state index in [-0.39, 0.29) is 27.8 Å². The molecule has 0 amide bonds. The normalized spacial score (nSPS) is 12.1. The number of aromatic amines is 2. The van der Waals surface area contributed by atoms with Crippen molar-refractivity contribution in [3.05, 3.63) is 77.8 Å². The molecular weight excluding hydrogens is 548 g/mol. The van der Waals surface area contributed by atoms with E-state index >= 15 is 0 Å². The molecule has 4 heterocycles. The van der Waals surface area contributed by atoms with E-state index < -0.39 is 10.9 Å². The minimum atomic E-state index is -0.694. The van der Waals surface area contributed by atoms with Crippen molar-refractivity contribution in [1.29, 1.82) is 0 Å². The van der Waals surface area contributed by atoms with Crippen molar-refractivity contribution in [2.45, 2.75) is 13.8 Å². The van der Waals surface area contributed by atoms with Crippen LogP contribution in [0.5, 0.6) is 11.5 Å². The molecule has 0 radical (unpaired) electrons. The number of aromatic nitrogens is 10. The van der Waals surface area contributed by atoms with Crippen molar-refractivity contribution in [2.24, 2.45) is 0 Å². The van der Waals surface area contributed by atoms with Gasteiger partial charge in [0.1, 0.15) is 22.6 Å². The summed E-state index contributed by atoms with van der Waals surface area (Å²) in [6.07, 6.45) is 0. The van der Waals surface area contributed by atoms with E-state index in [1.807, 2.05) is 0 Å². The highest BCUT2D eigenvalue weighted by molar-refractivity contribution is 6.20. The third kappa shape index (κ3) is 3.41. The Morgan fingerprint density at radius 2 is 1.48 bits per heavy atom. The highest BCUT2D eigenvalue weighted by Crippen LogP contribution is 2.41. The molecule has 0 unspecified atom stereocenters. The van der Waals surface area contributed by atoms with Crippen LogP contribution in [0.1, 0.15) is 27.7 Å². The van der Waals surface area contributed by atoms with Gasteiger partial charge in [0.05, 0.1) is 14.2 Å². The highest BCUT2D eigenvalue weighted by atomic mass is 16.5. The molecule has 0 saturated heterocycles. The van der Waals surface area contributed by atoms with Crippen LogP contribution in [0.4, 0.5) is 0 Å². The lowest BCUT2D eigenvalue weighted by molar-refractivity contribution is 0.103. The van der Waals surface area contributed by atoms with Crippen LogP contribution in [-0.2, 0) is 0 Å². The van der Waals surface area contributed by atoms with Crippen LogP contribution in [0.25, 0.3) is 44.6 Å². The van der Waals surface area contributed by atoms with Crippen LogP contribution in [0.2, 0.25) is 0 Å². The summed E-state index contributed by atoms with van der Waals surface area (Å²) < 4.78 is 13.5. The average Bonchev–Trinajstić information content (AvgIpc) is 3.70. The number of benzene rings is 2. The van der Waals surface area contributed by atoms with Crippen molar-refractivity contribution in [2.75, 3.05) is 14.2 Å². The Hall–Kier alpha value is -6.06. The molecule has 42 heavy (non-hydrogen) atoms. The molecule has 8 rings (SSSR count). The van der Waals surface area contributed by atoms with Gasteiger partial charge < -0.3 is 9.47 Å². The maximum atomic E-state index is 12.6. The number of ketones is 1. The van der Waals surface area contributed by atoms with E-state index in [0.29, 0.717) is 62.4 Å². The Morgan fingerprint density at radius 3 is 2.19 bits per heavy atom. The van der Waals surface area contributed by atoms with Crippen molar-refractivity contribution in [1.82, 2.24) is 49.6 Å². The predicted octanol–water partition coefficient (Wildman–Crippen LogP) is 0.575. The number of rotatable bonds is 2. The fourth-order valence-electron chi connectivity index (χ4n) is 4.92. The van der Waals surface area contributed by atoms with Gasteiger partial charge in [-0.2, -0.15) is 14.7 Å². The lowest BCUT2D eigenvalue weighted by Gasteiger charge is -2.09. The van der Waals surface area contributed by atoms with Gasteiger partial charge in [0.15, 0.2) is 23.0 Å². The van der Waals surface area contributed by atoms with Crippen LogP contribution in [-0.4, -0.2) is 69.6 Å². The number of hydrogen-bond acceptors (Lipinski definition) is 12. The monoisotopic (exact) mass is 566 g/mol. The van der Waals surface area contributed by atoms with Crippen molar-refractivity contribution >= 4 is 39.1 Å². The van der Waals surface area contributed by atoms with Crippen LogP contribution < -0.4 is 25.8 Å². The summed E-state index contributed by atoms with van der Waals surface area (Å²) in [6, 6.07) is 5.60. The number of carbonyl (C=O) groups excluding carboxylic acids is 1. The summed E-state index contributed by atoms with van der Waals surface area (Å²) in [5.41, 5.74) is 0.814. The Kier molecular flexibility index (Phi) is 5.18. The molecule has 3 aromatic carbocycles. The van der Waals surface area contributed by atoms with E-state index in [2.05, 4.69) is 40.6 Å². The van der Waals surface area contributed by atoms with Gasteiger partial charge in [0.25, 0.3) is 5.78 Å². The molecule has 0 spiro atoms. The second-order valence-electron chi connectivity index (χ2n) is 9.40. The number of hydrogen-bond donors (Lipinski definition) is 2. The molecule has 16 heteroatoms. The van der Waals surface area contributed by atoms with Gasteiger partial charge in [-0.3, -0.25) is 24.3 Å². The number of methoxy groups -OCH3 is 2. The van der Waals surface area contributed by atoms with Crippen molar-refractivity contribution in [3.63, 3.8) is 0 Å². The summed E-state index contributed by atoms with van der Waals surface area (Å²) in [4.78, 5) is 56.4. The van der Waals surface area contributed by atoms with Crippen LogP contribution in [0, 0.1) is 13.8 Å². The molecule has 0 atom stereocenters. The number of aryl methyl sites for hydroxylation is 2. The Morgan fingerprint density at radius 1 is 0.786 bits per heavy atom. The van der Waals surface area contributed by atoms with Crippen molar-refractivity contribution < 1.29 is 14.3 Å². The van der Waals surface area contributed by atoms with E-state index in [1.165, 1.54) is 16.1 Å². The van der Waals surface area contributed by atoms with Crippen molar-refractivity contribution in [3.8, 4) is 22.8 Å². The number of nitrogens with zero attached hydrogens (tertiary/aromatic N) is 8. The smallest absolute Gasteiger partial charge is 0.272 e. The molecule has 2 N–H and O–H groups in total. The first kappa shape index (κ1) is 24.9.